The molecule has 3 aromatic carbocycles. The van der Waals surface area contributed by atoms with E-state index in [1.807, 2.05) is 73.0 Å². The predicted octanol–water partition coefficient (Wildman–Crippen LogP) is 4.81. The molecule has 21 heavy (non-hydrogen) atoms. The summed E-state index contributed by atoms with van der Waals surface area (Å²) in [6, 6.07) is 21.6. The molecule has 1 N–H and O–H groups in total. The number of carbonyl (C=O) groups is 1. The number of carbonyl (C=O) groups excluding carboxylic acids is 1. The molecule has 3 rings (SSSR count). The number of anilines is 1. The highest BCUT2D eigenvalue weighted by atomic mass is 32.2. The number of rotatable bonds is 3. The fourth-order valence-corrected chi connectivity index (χ4v) is 2.68. The molecule has 0 spiro atoms. The minimum absolute atomic E-state index is 0.0843. The molecule has 0 fully saturated rings. The summed E-state index contributed by atoms with van der Waals surface area (Å²) >= 11 is 1.66. The van der Waals surface area contributed by atoms with E-state index in [0.717, 1.165) is 21.4 Å². The van der Waals surface area contributed by atoms with Crippen LogP contribution in [0.4, 0.5) is 5.69 Å². The average Bonchev–Trinajstić information content (AvgIpc) is 2.55. The van der Waals surface area contributed by atoms with Crippen LogP contribution in [0.1, 0.15) is 10.4 Å². The van der Waals surface area contributed by atoms with Crippen LogP contribution in [-0.2, 0) is 0 Å². The normalized spacial score (nSPS) is 10.5. The fraction of sp³-hybridized carbons (Fsp3) is 0.0556. The van der Waals surface area contributed by atoms with Crippen molar-refractivity contribution in [2.45, 2.75) is 4.90 Å². The smallest absolute Gasteiger partial charge is 0.255 e. The van der Waals surface area contributed by atoms with Gasteiger partial charge in [0.2, 0.25) is 0 Å². The van der Waals surface area contributed by atoms with E-state index in [9.17, 15) is 4.79 Å². The molecular weight excluding hydrogens is 278 g/mol. The average molecular weight is 293 g/mol. The third-order valence-corrected chi connectivity index (χ3v) is 4.13. The van der Waals surface area contributed by atoms with Crippen molar-refractivity contribution in [1.82, 2.24) is 0 Å². The molecule has 0 radical (unpaired) electrons. The molecule has 3 heteroatoms. The van der Waals surface area contributed by atoms with E-state index in [0.29, 0.717) is 5.56 Å². The monoisotopic (exact) mass is 293 g/mol. The highest BCUT2D eigenvalue weighted by molar-refractivity contribution is 7.98. The van der Waals surface area contributed by atoms with Crippen molar-refractivity contribution in [1.29, 1.82) is 0 Å². The molecule has 0 aromatic heterocycles. The minimum Gasteiger partial charge on any atom is -0.321 e. The van der Waals surface area contributed by atoms with Gasteiger partial charge in [0.05, 0.1) is 0 Å². The van der Waals surface area contributed by atoms with Gasteiger partial charge in [0.1, 0.15) is 0 Å². The lowest BCUT2D eigenvalue weighted by Crippen LogP contribution is -2.11. The molecule has 0 heterocycles. The molecule has 0 aliphatic carbocycles. The van der Waals surface area contributed by atoms with E-state index in [2.05, 4.69) is 5.32 Å². The third-order valence-electron chi connectivity index (χ3n) is 3.39. The SMILES string of the molecule is CSc1ccc(C(=O)Nc2cccc3ccccc23)cc1. The number of amides is 1. The van der Waals surface area contributed by atoms with Crippen molar-refractivity contribution >= 4 is 34.1 Å². The lowest BCUT2D eigenvalue weighted by atomic mass is 10.1. The number of benzene rings is 3. The number of hydrogen-bond donors (Lipinski definition) is 1. The van der Waals surface area contributed by atoms with Gasteiger partial charge in [-0.2, -0.15) is 0 Å². The van der Waals surface area contributed by atoms with Crippen LogP contribution in [0.2, 0.25) is 0 Å². The van der Waals surface area contributed by atoms with Crippen LogP contribution in [-0.4, -0.2) is 12.2 Å². The van der Waals surface area contributed by atoms with Gasteiger partial charge in [-0.05, 0) is 42.0 Å². The molecule has 0 aliphatic rings. The maximum Gasteiger partial charge on any atom is 0.255 e. The van der Waals surface area contributed by atoms with Crippen LogP contribution in [0.5, 0.6) is 0 Å². The van der Waals surface area contributed by atoms with E-state index >= 15 is 0 Å². The standard InChI is InChI=1S/C18H15NOS/c1-21-15-11-9-14(10-12-15)18(20)19-17-8-4-6-13-5-2-3-7-16(13)17/h2-12H,1H3,(H,19,20). The minimum atomic E-state index is -0.0843. The largest absolute Gasteiger partial charge is 0.321 e. The van der Waals surface area contributed by atoms with Crippen LogP contribution in [0.15, 0.2) is 71.6 Å². The van der Waals surface area contributed by atoms with Crippen molar-refractivity contribution in [3.8, 4) is 0 Å². The van der Waals surface area contributed by atoms with Gasteiger partial charge in [-0.15, -0.1) is 11.8 Å². The van der Waals surface area contributed by atoms with Gasteiger partial charge in [-0.25, -0.2) is 0 Å². The number of thioether (sulfide) groups is 1. The Kier molecular flexibility index (Phi) is 3.93. The summed E-state index contributed by atoms with van der Waals surface area (Å²) in [6.07, 6.45) is 2.02. The highest BCUT2D eigenvalue weighted by Crippen LogP contribution is 2.23. The Morgan fingerprint density at radius 3 is 2.38 bits per heavy atom. The van der Waals surface area contributed by atoms with Gasteiger partial charge in [-0.3, -0.25) is 4.79 Å². The molecule has 0 aliphatic heterocycles. The van der Waals surface area contributed by atoms with E-state index in [1.165, 1.54) is 0 Å². The summed E-state index contributed by atoms with van der Waals surface area (Å²) < 4.78 is 0. The molecule has 0 unspecified atom stereocenters. The van der Waals surface area contributed by atoms with Gasteiger partial charge in [0, 0.05) is 21.5 Å². The first kappa shape index (κ1) is 13.7. The van der Waals surface area contributed by atoms with Crippen LogP contribution in [0.3, 0.4) is 0 Å². The molecule has 2 nitrogen and oxygen atoms in total. The Bertz CT molecular complexity index is 775. The first-order chi connectivity index (χ1) is 10.3. The summed E-state index contributed by atoms with van der Waals surface area (Å²) in [5.41, 5.74) is 1.51. The van der Waals surface area contributed by atoms with E-state index in [-0.39, 0.29) is 5.91 Å². The Morgan fingerprint density at radius 1 is 0.905 bits per heavy atom. The fourth-order valence-electron chi connectivity index (χ4n) is 2.27. The van der Waals surface area contributed by atoms with Gasteiger partial charge in [-0.1, -0.05) is 36.4 Å². The Hall–Kier alpha value is -2.26. The van der Waals surface area contributed by atoms with Crippen molar-refractivity contribution in [3.05, 3.63) is 72.3 Å². The number of hydrogen-bond acceptors (Lipinski definition) is 2. The summed E-state index contributed by atoms with van der Waals surface area (Å²) in [7, 11) is 0. The molecule has 3 aromatic rings. The second-order valence-corrected chi connectivity index (χ2v) is 5.59. The van der Waals surface area contributed by atoms with Gasteiger partial charge < -0.3 is 5.32 Å². The zero-order valence-corrected chi connectivity index (χ0v) is 12.5. The summed E-state index contributed by atoms with van der Waals surface area (Å²) in [5, 5.41) is 5.16. The topological polar surface area (TPSA) is 29.1 Å². The van der Waals surface area contributed by atoms with E-state index in [4.69, 9.17) is 0 Å². The second-order valence-electron chi connectivity index (χ2n) is 4.71. The second kappa shape index (κ2) is 6.02. The quantitative estimate of drug-likeness (QED) is 0.702. The Morgan fingerprint density at radius 2 is 1.62 bits per heavy atom. The van der Waals surface area contributed by atoms with Gasteiger partial charge in [0.25, 0.3) is 5.91 Å². The molecule has 0 saturated heterocycles. The molecule has 0 saturated carbocycles. The van der Waals surface area contributed by atoms with Crippen LogP contribution in [0.25, 0.3) is 10.8 Å². The number of nitrogens with one attached hydrogen (secondary N) is 1. The van der Waals surface area contributed by atoms with Crippen LogP contribution in [0, 0.1) is 0 Å². The van der Waals surface area contributed by atoms with Crippen molar-refractivity contribution < 1.29 is 4.79 Å². The Balaban J connectivity index is 1.89. The van der Waals surface area contributed by atoms with E-state index in [1.54, 1.807) is 11.8 Å². The van der Waals surface area contributed by atoms with Crippen LogP contribution < -0.4 is 5.32 Å². The zero-order chi connectivity index (χ0) is 14.7. The van der Waals surface area contributed by atoms with Crippen molar-refractivity contribution in [3.63, 3.8) is 0 Å². The lowest BCUT2D eigenvalue weighted by Gasteiger charge is -2.09. The molecule has 104 valence electrons. The molecule has 0 bridgehead atoms. The maximum absolute atomic E-state index is 12.3. The van der Waals surface area contributed by atoms with E-state index < -0.39 is 0 Å². The van der Waals surface area contributed by atoms with Gasteiger partial charge in [0.15, 0.2) is 0 Å². The third kappa shape index (κ3) is 2.93. The summed E-state index contributed by atoms with van der Waals surface area (Å²) in [6.45, 7) is 0. The molecule has 0 atom stereocenters. The molecule has 1 amide bonds. The van der Waals surface area contributed by atoms with Crippen LogP contribution >= 0.6 is 11.8 Å². The number of fused-ring (bicyclic) bond motifs is 1. The van der Waals surface area contributed by atoms with Crippen molar-refractivity contribution in [2.75, 3.05) is 11.6 Å². The summed E-state index contributed by atoms with van der Waals surface area (Å²) in [4.78, 5) is 13.5. The Labute approximate surface area is 128 Å². The highest BCUT2D eigenvalue weighted by Gasteiger charge is 2.08. The zero-order valence-electron chi connectivity index (χ0n) is 11.7. The summed E-state index contributed by atoms with van der Waals surface area (Å²) in [5.74, 6) is -0.0843. The molecular formula is C18H15NOS. The predicted molar refractivity (Wildman–Crippen MR) is 90.1 cm³/mol. The maximum atomic E-state index is 12.3. The first-order valence-corrected chi connectivity index (χ1v) is 7.93. The lowest BCUT2D eigenvalue weighted by molar-refractivity contribution is 0.102. The first-order valence-electron chi connectivity index (χ1n) is 6.71. The van der Waals surface area contributed by atoms with Gasteiger partial charge >= 0.3 is 0 Å². The van der Waals surface area contributed by atoms with Crippen molar-refractivity contribution in [2.24, 2.45) is 0 Å².